The first-order chi connectivity index (χ1) is 10.1. The lowest BCUT2D eigenvalue weighted by Crippen LogP contribution is -2.13. The predicted octanol–water partition coefficient (Wildman–Crippen LogP) is 4.19. The molecule has 21 heavy (non-hydrogen) atoms. The average molecular weight is 318 g/mol. The van der Waals surface area contributed by atoms with Crippen molar-refractivity contribution in [1.29, 1.82) is 0 Å². The van der Waals surface area contributed by atoms with Gasteiger partial charge in [0.15, 0.2) is 0 Å². The Kier molecular flexibility index (Phi) is 3.73. The number of halogens is 2. The van der Waals surface area contributed by atoms with Crippen LogP contribution in [0, 0.1) is 0 Å². The van der Waals surface area contributed by atoms with Gasteiger partial charge in [0.25, 0.3) is 5.91 Å². The third-order valence-electron chi connectivity index (χ3n) is 2.91. The minimum Gasteiger partial charge on any atom is -0.321 e. The number of benzene rings is 1. The Bertz CT molecular complexity index is 819. The van der Waals surface area contributed by atoms with E-state index in [0.717, 1.165) is 5.39 Å². The number of hydrogen-bond acceptors (Lipinski definition) is 3. The fourth-order valence-corrected chi connectivity index (χ4v) is 2.29. The maximum atomic E-state index is 12.4. The van der Waals surface area contributed by atoms with Gasteiger partial charge < -0.3 is 5.32 Å². The van der Waals surface area contributed by atoms with Crippen molar-refractivity contribution < 1.29 is 4.79 Å². The van der Waals surface area contributed by atoms with Crippen LogP contribution in [0.4, 0.5) is 5.69 Å². The Morgan fingerprint density at radius 2 is 1.86 bits per heavy atom. The summed E-state index contributed by atoms with van der Waals surface area (Å²) in [5.74, 6) is -0.278. The van der Waals surface area contributed by atoms with Gasteiger partial charge in [-0.05, 0) is 24.3 Å². The molecule has 0 fully saturated rings. The van der Waals surface area contributed by atoms with Crippen molar-refractivity contribution in [1.82, 2.24) is 9.97 Å². The number of nitrogens with zero attached hydrogens (tertiary/aromatic N) is 2. The molecular formula is C15H9Cl2N3O. The molecule has 0 saturated carbocycles. The van der Waals surface area contributed by atoms with Gasteiger partial charge in [-0.15, -0.1) is 0 Å². The van der Waals surface area contributed by atoms with Gasteiger partial charge in [-0.3, -0.25) is 4.79 Å². The number of amides is 1. The zero-order valence-corrected chi connectivity index (χ0v) is 12.2. The maximum Gasteiger partial charge on any atom is 0.256 e. The smallest absolute Gasteiger partial charge is 0.256 e. The van der Waals surface area contributed by atoms with Crippen LogP contribution >= 0.6 is 23.2 Å². The molecule has 0 aliphatic carbocycles. The molecule has 1 N–H and O–H groups in total. The van der Waals surface area contributed by atoms with E-state index in [9.17, 15) is 4.79 Å². The Morgan fingerprint density at radius 1 is 1.05 bits per heavy atom. The van der Waals surface area contributed by atoms with Gasteiger partial charge in [0.2, 0.25) is 0 Å². The lowest BCUT2D eigenvalue weighted by molar-refractivity contribution is 0.102. The molecule has 0 spiro atoms. The molecule has 2 heterocycles. The van der Waals surface area contributed by atoms with E-state index in [2.05, 4.69) is 15.3 Å². The Hall–Kier alpha value is -2.17. The number of pyridine rings is 2. The van der Waals surface area contributed by atoms with Crippen LogP contribution in [0.5, 0.6) is 0 Å². The summed E-state index contributed by atoms with van der Waals surface area (Å²) in [6, 6.07) is 12.2. The van der Waals surface area contributed by atoms with Crippen LogP contribution in [0.3, 0.4) is 0 Å². The number of para-hydroxylation sites is 1. The molecule has 6 heteroatoms. The summed E-state index contributed by atoms with van der Waals surface area (Å²) in [7, 11) is 0. The van der Waals surface area contributed by atoms with Gasteiger partial charge in [-0.1, -0.05) is 41.4 Å². The van der Waals surface area contributed by atoms with Crippen molar-refractivity contribution in [3.05, 3.63) is 64.5 Å². The molecule has 1 amide bonds. The summed E-state index contributed by atoms with van der Waals surface area (Å²) < 4.78 is 0. The third-order valence-corrected chi connectivity index (χ3v) is 3.33. The van der Waals surface area contributed by atoms with E-state index in [-0.39, 0.29) is 11.1 Å². The first kappa shape index (κ1) is 13.8. The van der Waals surface area contributed by atoms with Crippen molar-refractivity contribution in [2.45, 2.75) is 0 Å². The molecule has 1 aromatic carbocycles. The molecule has 3 aromatic rings. The fraction of sp³-hybridized carbons (Fsp3) is 0. The number of aromatic nitrogens is 2. The minimum atomic E-state index is -0.278. The highest BCUT2D eigenvalue weighted by Gasteiger charge is 2.12. The van der Waals surface area contributed by atoms with Crippen LogP contribution in [0.15, 0.2) is 48.7 Å². The number of fused-ring (bicyclic) bond motifs is 1. The van der Waals surface area contributed by atoms with Crippen LogP contribution in [-0.4, -0.2) is 15.9 Å². The Morgan fingerprint density at radius 3 is 2.62 bits per heavy atom. The molecule has 0 saturated heterocycles. The minimum absolute atomic E-state index is 0.271. The number of rotatable bonds is 2. The fourth-order valence-electron chi connectivity index (χ4n) is 1.98. The highest BCUT2D eigenvalue weighted by atomic mass is 35.5. The molecular weight excluding hydrogens is 309 g/mol. The summed E-state index contributed by atoms with van der Waals surface area (Å²) in [6.07, 6.45) is 1.49. The average Bonchev–Trinajstić information content (AvgIpc) is 2.48. The van der Waals surface area contributed by atoms with E-state index >= 15 is 0 Å². The molecule has 2 aromatic heterocycles. The summed E-state index contributed by atoms with van der Waals surface area (Å²) in [5, 5.41) is 4.13. The van der Waals surface area contributed by atoms with Gasteiger partial charge in [-0.25, -0.2) is 9.97 Å². The quantitative estimate of drug-likeness (QED) is 0.721. The van der Waals surface area contributed by atoms with Crippen molar-refractivity contribution >= 4 is 45.7 Å². The number of carbonyl (C=O) groups excluding carboxylic acids is 1. The van der Waals surface area contributed by atoms with Crippen LogP contribution in [0.1, 0.15) is 10.4 Å². The van der Waals surface area contributed by atoms with E-state index in [4.69, 9.17) is 23.2 Å². The molecule has 0 atom stereocenters. The highest BCUT2D eigenvalue weighted by molar-refractivity contribution is 6.31. The standard InChI is InChI=1S/C15H9Cl2N3O/c16-13-6-5-9(8-18-13)19-15(21)11-7-14(17)20-12-4-2-1-3-10(11)12/h1-8H,(H,19,21). The first-order valence-corrected chi connectivity index (χ1v) is 6.87. The summed E-state index contributed by atoms with van der Waals surface area (Å²) in [5.41, 5.74) is 1.69. The zero-order chi connectivity index (χ0) is 14.8. The van der Waals surface area contributed by atoms with Crippen LogP contribution in [-0.2, 0) is 0 Å². The third kappa shape index (κ3) is 2.96. The second-order valence-electron chi connectivity index (χ2n) is 4.33. The van der Waals surface area contributed by atoms with E-state index < -0.39 is 0 Å². The van der Waals surface area contributed by atoms with Crippen LogP contribution in [0.25, 0.3) is 10.9 Å². The van der Waals surface area contributed by atoms with Crippen molar-refractivity contribution in [2.75, 3.05) is 5.32 Å². The van der Waals surface area contributed by atoms with Crippen LogP contribution in [0.2, 0.25) is 10.3 Å². The molecule has 4 nitrogen and oxygen atoms in total. The first-order valence-electron chi connectivity index (χ1n) is 6.12. The molecule has 0 aliphatic rings. The largest absolute Gasteiger partial charge is 0.321 e. The summed E-state index contributed by atoms with van der Waals surface area (Å²) >= 11 is 11.7. The monoisotopic (exact) mass is 317 g/mol. The van der Waals surface area contributed by atoms with Gasteiger partial charge in [0, 0.05) is 5.39 Å². The maximum absolute atomic E-state index is 12.4. The normalized spacial score (nSPS) is 10.6. The van der Waals surface area contributed by atoms with E-state index in [1.165, 1.54) is 6.20 Å². The van der Waals surface area contributed by atoms with Crippen molar-refractivity contribution in [3.63, 3.8) is 0 Å². The van der Waals surface area contributed by atoms with Gasteiger partial charge in [0.1, 0.15) is 10.3 Å². The second kappa shape index (κ2) is 5.68. The number of nitrogens with one attached hydrogen (secondary N) is 1. The Balaban J connectivity index is 1.99. The van der Waals surface area contributed by atoms with Crippen molar-refractivity contribution in [3.8, 4) is 0 Å². The van der Waals surface area contributed by atoms with E-state index in [1.807, 2.05) is 24.3 Å². The van der Waals surface area contributed by atoms with Gasteiger partial charge in [0.05, 0.1) is 23.0 Å². The van der Waals surface area contributed by atoms with E-state index in [1.54, 1.807) is 18.2 Å². The molecule has 0 aliphatic heterocycles. The number of hydrogen-bond donors (Lipinski definition) is 1. The van der Waals surface area contributed by atoms with Gasteiger partial charge >= 0.3 is 0 Å². The molecule has 0 bridgehead atoms. The summed E-state index contributed by atoms with van der Waals surface area (Å²) in [4.78, 5) is 20.5. The SMILES string of the molecule is O=C(Nc1ccc(Cl)nc1)c1cc(Cl)nc2ccccc12. The zero-order valence-electron chi connectivity index (χ0n) is 10.7. The highest BCUT2D eigenvalue weighted by Crippen LogP contribution is 2.22. The second-order valence-corrected chi connectivity index (χ2v) is 5.11. The molecule has 104 valence electrons. The predicted molar refractivity (Wildman–Crippen MR) is 84.0 cm³/mol. The lowest BCUT2D eigenvalue weighted by Gasteiger charge is -2.08. The van der Waals surface area contributed by atoms with E-state index in [0.29, 0.717) is 21.9 Å². The molecule has 0 radical (unpaired) electrons. The molecule has 3 rings (SSSR count). The Labute approximate surface area is 130 Å². The van der Waals surface area contributed by atoms with Crippen molar-refractivity contribution in [2.24, 2.45) is 0 Å². The van der Waals surface area contributed by atoms with Gasteiger partial charge in [-0.2, -0.15) is 0 Å². The summed E-state index contributed by atoms with van der Waals surface area (Å²) in [6.45, 7) is 0. The number of anilines is 1. The molecule has 0 unspecified atom stereocenters. The lowest BCUT2D eigenvalue weighted by atomic mass is 10.1. The topological polar surface area (TPSA) is 54.9 Å². The number of carbonyl (C=O) groups is 1. The van der Waals surface area contributed by atoms with Crippen LogP contribution < -0.4 is 5.32 Å².